The van der Waals surface area contributed by atoms with Gasteiger partial charge in [-0.1, -0.05) is 15.9 Å². The second-order valence-corrected chi connectivity index (χ2v) is 8.00. The summed E-state index contributed by atoms with van der Waals surface area (Å²) in [5.74, 6) is 1.73. The lowest BCUT2D eigenvalue weighted by atomic mass is 10.1. The molecular weight excluding hydrogens is 330 g/mol. The summed E-state index contributed by atoms with van der Waals surface area (Å²) in [6.45, 7) is 1.41. The van der Waals surface area contributed by atoms with Crippen LogP contribution in [-0.2, 0) is 16.4 Å². The van der Waals surface area contributed by atoms with Crippen molar-refractivity contribution in [3.05, 3.63) is 28.2 Å². The van der Waals surface area contributed by atoms with Crippen LogP contribution in [0.15, 0.2) is 22.7 Å². The summed E-state index contributed by atoms with van der Waals surface area (Å²) >= 11 is 3.44. The van der Waals surface area contributed by atoms with Crippen LogP contribution >= 0.6 is 15.9 Å². The highest BCUT2D eigenvalue weighted by molar-refractivity contribution is 9.10. The molecule has 0 radical (unpaired) electrons. The summed E-state index contributed by atoms with van der Waals surface area (Å²) in [5, 5.41) is 3.32. The molecule has 1 aromatic carbocycles. The van der Waals surface area contributed by atoms with Crippen LogP contribution in [0.2, 0.25) is 0 Å². The van der Waals surface area contributed by atoms with Crippen LogP contribution in [0.1, 0.15) is 12.0 Å². The normalized spacial score (nSPS) is 21.5. The molecule has 0 aliphatic carbocycles. The number of hydrogen-bond acceptors (Lipinski definition) is 4. The Morgan fingerprint density at radius 1 is 1.47 bits per heavy atom. The highest BCUT2D eigenvalue weighted by Gasteiger charge is 2.27. The van der Waals surface area contributed by atoms with Crippen LogP contribution in [0, 0.1) is 5.92 Å². The molecule has 0 amide bonds. The number of sulfone groups is 1. The van der Waals surface area contributed by atoms with Crippen molar-refractivity contribution in [3.63, 3.8) is 0 Å². The molecular formula is C13H18BrNO3S. The number of rotatable bonds is 5. The minimum absolute atomic E-state index is 0.239. The van der Waals surface area contributed by atoms with Crippen molar-refractivity contribution in [1.82, 2.24) is 5.32 Å². The highest BCUT2D eigenvalue weighted by atomic mass is 79.9. The van der Waals surface area contributed by atoms with E-state index in [1.807, 2.05) is 18.2 Å². The molecule has 1 atom stereocenters. The highest BCUT2D eigenvalue weighted by Crippen LogP contribution is 2.23. The predicted octanol–water partition coefficient (Wildman–Crippen LogP) is 1.98. The lowest BCUT2D eigenvalue weighted by Gasteiger charge is -2.12. The first-order chi connectivity index (χ1) is 9.00. The number of halogens is 1. The van der Waals surface area contributed by atoms with E-state index in [1.165, 1.54) is 0 Å². The van der Waals surface area contributed by atoms with E-state index in [4.69, 9.17) is 4.74 Å². The maximum absolute atomic E-state index is 11.4. The molecule has 1 aliphatic rings. The summed E-state index contributed by atoms with van der Waals surface area (Å²) in [4.78, 5) is 0. The Kier molecular flexibility index (Phi) is 4.86. The first-order valence-corrected chi connectivity index (χ1v) is 8.85. The van der Waals surface area contributed by atoms with Crippen LogP contribution in [0.25, 0.3) is 0 Å². The third kappa shape index (κ3) is 4.19. The fraction of sp³-hybridized carbons (Fsp3) is 0.538. The average molecular weight is 348 g/mol. The van der Waals surface area contributed by atoms with Gasteiger partial charge in [-0.3, -0.25) is 0 Å². The Hall–Kier alpha value is -0.590. The van der Waals surface area contributed by atoms with Crippen LogP contribution in [-0.4, -0.2) is 33.6 Å². The van der Waals surface area contributed by atoms with Gasteiger partial charge in [0, 0.05) is 16.6 Å². The quantitative estimate of drug-likeness (QED) is 0.884. The van der Waals surface area contributed by atoms with E-state index >= 15 is 0 Å². The number of benzene rings is 1. The van der Waals surface area contributed by atoms with Crippen molar-refractivity contribution in [2.24, 2.45) is 5.92 Å². The maximum Gasteiger partial charge on any atom is 0.150 e. The number of ether oxygens (including phenoxy) is 1. The van der Waals surface area contributed by atoms with E-state index in [-0.39, 0.29) is 5.92 Å². The molecule has 1 fully saturated rings. The molecule has 1 saturated heterocycles. The number of nitrogens with one attached hydrogen (secondary N) is 1. The topological polar surface area (TPSA) is 55.4 Å². The van der Waals surface area contributed by atoms with Gasteiger partial charge in [-0.15, -0.1) is 0 Å². The van der Waals surface area contributed by atoms with Crippen LogP contribution < -0.4 is 10.1 Å². The molecule has 4 nitrogen and oxygen atoms in total. The monoisotopic (exact) mass is 347 g/mol. The number of methoxy groups -OCH3 is 1. The zero-order valence-corrected chi connectivity index (χ0v) is 13.3. The fourth-order valence-corrected chi connectivity index (χ4v) is 4.60. The van der Waals surface area contributed by atoms with Gasteiger partial charge in [0.25, 0.3) is 0 Å². The summed E-state index contributed by atoms with van der Waals surface area (Å²) in [7, 11) is -1.13. The van der Waals surface area contributed by atoms with Crippen LogP contribution in [0.5, 0.6) is 5.75 Å². The molecule has 0 unspecified atom stereocenters. The van der Waals surface area contributed by atoms with Crippen LogP contribution in [0.3, 0.4) is 0 Å². The Bertz CT molecular complexity index is 545. The molecule has 0 spiro atoms. The van der Waals surface area contributed by atoms with Gasteiger partial charge in [0.05, 0.1) is 18.6 Å². The molecule has 19 heavy (non-hydrogen) atoms. The van der Waals surface area contributed by atoms with E-state index in [1.54, 1.807) is 7.11 Å². The Morgan fingerprint density at radius 2 is 2.26 bits per heavy atom. The average Bonchev–Trinajstić information content (AvgIpc) is 2.69. The van der Waals surface area contributed by atoms with Gasteiger partial charge in [-0.25, -0.2) is 8.42 Å². The van der Waals surface area contributed by atoms with Gasteiger partial charge in [0.15, 0.2) is 9.84 Å². The number of hydrogen-bond donors (Lipinski definition) is 1. The summed E-state index contributed by atoms with van der Waals surface area (Å²) in [6, 6.07) is 5.87. The van der Waals surface area contributed by atoms with Gasteiger partial charge in [0.2, 0.25) is 0 Å². The minimum Gasteiger partial charge on any atom is -0.496 e. The third-order valence-corrected chi connectivity index (χ3v) is 5.65. The van der Waals surface area contributed by atoms with Crippen molar-refractivity contribution in [2.45, 2.75) is 13.0 Å². The third-order valence-electron chi connectivity index (χ3n) is 3.32. The zero-order valence-electron chi connectivity index (χ0n) is 10.9. The van der Waals surface area contributed by atoms with Gasteiger partial charge in [-0.2, -0.15) is 0 Å². The lowest BCUT2D eigenvalue weighted by Crippen LogP contribution is -2.23. The van der Waals surface area contributed by atoms with E-state index in [9.17, 15) is 8.42 Å². The van der Waals surface area contributed by atoms with E-state index in [2.05, 4.69) is 21.2 Å². The molecule has 0 bridgehead atoms. The SMILES string of the molecule is COc1ccc(Br)cc1CNC[C@@H]1CCS(=O)(=O)C1. The molecule has 6 heteroatoms. The molecule has 1 N–H and O–H groups in total. The largest absolute Gasteiger partial charge is 0.496 e. The second-order valence-electron chi connectivity index (χ2n) is 4.86. The molecule has 0 saturated carbocycles. The van der Waals surface area contributed by atoms with Crippen molar-refractivity contribution >= 4 is 25.8 Å². The minimum atomic E-state index is -2.78. The Balaban J connectivity index is 1.88. The molecule has 2 rings (SSSR count). The maximum atomic E-state index is 11.4. The first-order valence-electron chi connectivity index (χ1n) is 6.24. The summed E-state index contributed by atoms with van der Waals surface area (Å²) in [5.41, 5.74) is 1.07. The van der Waals surface area contributed by atoms with Crippen molar-refractivity contribution < 1.29 is 13.2 Å². The van der Waals surface area contributed by atoms with Gasteiger partial charge in [0.1, 0.15) is 5.75 Å². The fourth-order valence-electron chi connectivity index (χ4n) is 2.33. The van der Waals surface area contributed by atoms with Crippen molar-refractivity contribution in [1.29, 1.82) is 0 Å². The van der Waals surface area contributed by atoms with Gasteiger partial charge >= 0.3 is 0 Å². The summed E-state index contributed by atoms with van der Waals surface area (Å²) < 4.78 is 29.0. The van der Waals surface area contributed by atoms with Gasteiger partial charge < -0.3 is 10.1 Å². The molecule has 1 aromatic rings. The molecule has 106 valence electrons. The summed E-state index contributed by atoms with van der Waals surface area (Å²) in [6.07, 6.45) is 0.769. The first kappa shape index (κ1) is 14.8. The molecule has 1 aliphatic heterocycles. The molecule has 0 aromatic heterocycles. The molecule has 1 heterocycles. The predicted molar refractivity (Wildman–Crippen MR) is 79.2 cm³/mol. The zero-order chi connectivity index (χ0) is 13.9. The standard InChI is InChI=1S/C13H18BrNO3S/c1-18-13-3-2-12(14)6-11(13)8-15-7-10-4-5-19(16,17)9-10/h2-3,6,10,15H,4-5,7-9H2,1H3/t10-/m0/s1. The van der Waals surface area contributed by atoms with E-state index < -0.39 is 9.84 Å². The second kappa shape index (κ2) is 6.24. The van der Waals surface area contributed by atoms with Crippen LogP contribution in [0.4, 0.5) is 0 Å². The van der Waals surface area contributed by atoms with E-state index in [0.29, 0.717) is 18.1 Å². The van der Waals surface area contributed by atoms with Crippen molar-refractivity contribution in [3.8, 4) is 5.75 Å². The van der Waals surface area contributed by atoms with Crippen molar-refractivity contribution in [2.75, 3.05) is 25.2 Å². The lowest BCUT2D eigenvalue weighted by molar-refractivity contribution is 0.406. The smallest absolute Gasteiger partial charge is 0.150 e. The Labute approximate surface area is 122 Å². The van der Waals surface area contributed by atoms with E-state index in [0.717, 1.165) is 28.8 Å². The van der Waals surface area contributed by atoms with Gasteiger partial charge in [-0.05, 0) is 37.1 Å². The Morgan fingerprint density at radius 3 is 2.89 bits per heavy atom.